The van der Waals surface area contributed by atoms with Crippen molar-refractivity contribution in [2.75, 3.05) is 0 Å². The van der Waals surface area contributed by atoms with Crippen LogP contribution in [0.1, 0.15) is 112 Å². The molecule has 0 aliphatic heterocycles. The summed E-state index contributed by atoms with van der Waals surface area (Å²) in [5.41, 5.74) is 5.70. The Balaban J connectivity index is 0.000000572. The lowest BCUT2D eigenvalue weighted by atomic mass is 9.72. The first-order valence-corrected chi connectivity index (χ1v) is 14.2. The highest BCUT2D eigenvalue weighted by atomic mass is 16.1. The fraction of sp³-hybridized carbons (Fsp3) is 0.559. The zero-order valence-corrected chi connectivity index (χ0v) is 24.7. The van der Waals surface area contributed by atoms with Crippen molar-refractivity contribution in [3.05, 3.63) is 70.3 Å². The van der Waals surface area contributed by atoms with E-state index < -0.39 is 0 Å². The third kappa shape index (κ3) is 10.8. The molecule has 0 bridgehead atoms. The van der Waals surface area contributed by atoms with Gasteiger partial charge in [0.2, 0.25) is 0 Å². The molecule has 1 aliphatic carbocycles. The Morgan fingerprint density at radius 2 is 1.54 bits per heavy atom. The van der Waals surface area contributed by atoms with Crippen molar-refractivity contribution in [3.63, 3.8) is 0 Å². The van der Waals surface area contributed by atoms with Gasteiger partial charge in [-0.25, -0.2) is 0 Å². The lowest BCUT2D eigenvalue weighted by molar-refractivity contribution is -0.129. The number of ketones is 3. The average molecular weight is 507 g/mol. The molecule has 0 N–H and O–H groups in total. The molecule has 0 heterocycles. The van der Waals surface area contributed by atoms with Crippen LogP contribution in [0.4, 0.5) is 0 Å². The standard InChI is InChI=1S/C24H34O3.C7H8.C3H8/c1-6-8-19(21(7-2)22(26)11-16(4)25)12-18-13-20-10-9-15(3)17(5)24(20)23(27)14-18;1-7-5-3-2-4-6-7;1-3-2/h9-10,18-19,21H,6-8,11-14H2,1-5H3;2-6H,1H3;3H2,1-2H3. The average Bonchev–Trinajstić information content (AvgIpc) is 2.83. The maximum atomic E-state index is 12.8. The first-order chi connectivity index (χ1) is 17.6. The second-order valence-electron chi connectivity index (χ2n) is 10.7. The number of fused-ring (bicyclic) bond motifs is 1. The number of Topliss-reactive ketones (excluding diaryl/α,β-unsaturated/α-hetero) is 3. The number of carbonyl (C=O) groups is 3. The van der Waals surface area contributed by atoms with Crippen LogP contribution in [-0.2, 0) is 16.0 Å². The first-order valence-electron chi connectivity index (χ1n) is 14.2. The molecule has 2 aromatic rings. The second kappa shape index (κ2) is 17.1. The van der Waals surface area contributed by atoms with Crippen molar-refractivity contribution in [1.29, 1.82) is 0 Å². The van der Waals surface area contributed by atoms with Gasteiger partial charge < -0.3 is 0 Å². The normalized spacial score (nSPS) is 15.8. The highest BCUT2D eigenvalue weighted by molar-refractivity contribution is 6.00. The Bertz CT molecular complexity index is 990. The van der Waals surface area contributed by atoms with Crippen molar-refractivity contribution in [3.8, 4) is 0 Å². The topological polar surface area (TPSA) is 51.2 Å². The lowest BCUT2D eigenvalue weighted by Gasteiger charge is -2.32. The Kier molecular flexibility index (Phi) is 15.0. The number of carbonyl (C=O) groups excluding carboxylic acids is 3. The molecule has 0 radical (unpaired) electrons. The molecule has 0 saturated heterocycles. The SMILES string of the molecule is CCC.CCCC(CC1CC(=O)c2c(ccc(C)c2C)C1)C(CC)C(=O)CC(C)=O.Cc1ccccc1. The summed E-state index contributed by atoms with van der Waals surface area (Å²) < 4.78 is 0. The van der Waals surface area contributed by atoms with Crippen LogP contribution < -0.4 is 0 Å². The smallest absolute Gasteiger partial charge is 0.163 e. The summed E-state index contributed by atoms with van der Waals surface area (Å²) in [5, 5.41) is 0. The van der Waals surface area contributed by atoms with Crippen LogP contribution in [0.5, 0.6) is 0 Å². The predicted octanol–water partition coefficient (Wildman–Crippen LogP) is 8.84. The molecule has 0 saturated carbocycles. The van der Waals surface area contributed by atoms with Crippen LogP contribution in [0.3, 0.4) is 0 Å². The molecule has 37 heavy (non-hydrogen) atoms. The van der Waals surface area contributed by atoms with Crippen LogP contribution in [0.25, 0.3) is 0 Å². The highest BCUT2D eigenvalue weighted by Gasteiger charge is 2.33. The maximum absolute atomic E-state index is 12.8. The summed E-state index contributed by atoms with van der Waals surface area (Å²) in [6.07, 6.45) is 6.45. The highest BCUT2D eigenvalue weighted by Crippen LogP contribution is 2.36. The number of rotatable bonds is 9. The minimum atomic E-state index is -0.0647. The first kappa shape index (κ1) is 32.5. The summed E-state index contributed by atoms with van der Waals surface area (Å²) >= 11 is 0. The van der Waals surface area contributed by atoms with Gasteiger partial charge in [-0.05, 0) is 75.5 Å². The van der Waals surface area contributed by atoms with Crippen LogP contribution in [0.2, 0.25) is 0 Å². The summed E-state index contributed by atoms with van der Waals surface area (Å²) in [7, 11) is 0. The fourth-order valence-corrected chi connectivity index (χ4v) is 5.36. The Morgan fingerprint density at radius 3 is 2.03 bits per heavy atom. The van der Waals surface area contributed by atoms with Crippen molar-refractivity contribution < 1.29 is 14.4 Å². The van der Waals surface area contributed by atoms with Gasteiger partial charge in [-0.3, -0.25) is 14.4 Å². The molecule has 3 rings (SSSR count). The van der Waals surface area contributed by atoms with E-state index >= 15 is 0 Å². The van der Waals surface area contributed by atoms with E-state index in [2.05, 4.69) is 58.9 Å². The predicted molar refractivity (Wildman–Crippen MR) is 156 cm³/mol. The number of hydrogen-bond acceptors (Lipinski definition) is 3. The van der Waals surface area contributed by atoms with Gasteiger partial charge in [0.05, 0.1) is 6.42 Å². The molecule has 0 fully saturated rings. The summed E-state index contributed by atoms with van der Waals surface area (Å²) in [6, 6.07) is 14.5. The Labute approximate surface area is 226 Å². The van der Waals surface area contributed by atoms with E-state index in [9.17, 15) is 14.4 Å². The van der Waals surface area contributed by atoms with Crippen LogP contribution in [0.15, 0.2) is 42.5 Å². The van der Waals surface area contributed by atoms with Gasteiger partial charge in [-0.1, -0.05) is 95.0 Å². The Morgan fingerprint density at radius 1 is 0.919 bits per heavy atom. The summed E-state index contributed by atoms with van der Waals surface area (Å²) in [5.74, 6) is 0.769. The molecule has 3 heteroatoms. The third-order valence-electron chi connectivity index (χ3n) is 7.17. The second-order valence-corrected chi connectivity index (χ2v) is 10.7. The van der Waals surface area contributed by atoms with Crippen LogP contribution in [0, 0.1) is 38.5 Å². The van der Waals surface area contributed by atoms with Gasteiger partial charge in [-0.15, -0.1) is 0 Å². The van der Waals surface area contributed by atoms with E-state index in [-0.39, 0.29) is 35.6 Å². The van der Waals surface area contributed by atoms with Crippen LogP contribution >= 0.6 is 0 Å². The largest absolute Gasteiger partial charge is 0.300 e. The van der Waals surface area contributed by atoms with Gasteiger partial charge >= 0.3 is 0 Å². The monoisotopic (exact) mass is 506 g/mol. The molecule has 0 amide bonds. The van der Waals surface area contributed by atoms with Crippen molar-refractivity contribution in [2.45, 2.75) is 107 Å². The molecule has 0 spiro atoms. The van der Waals surface area contributed by atoms with E-state index in [0.29, 0.717) is 12.3 Å². The Hall–Kier alpha value is -2.55. The molecular weight excluding hydrogens is 456 g/mol. The maximum Gasteiger partial charge on any atom is 0.163 e. The van der Waals surface area contributed by atoms with E-state index in [0.717, 1.165) is 48.8 Å². The molecule has 2 aromatic carbocycles. The minimum Gasteiger partial charge on any atom is -0.300 e. The number of benzene rings is 2. The molecule has 1 aliphatic rings. The lowest BCUT2D eigenvalue weighted by Crippen LogP contribution is -2.29. The summed E-state index contributed by atoms with van der Waals surface area (Å²) in [4.78, 5) is 36.8. The van der Waals surface area contributed by atoms with Gasteiger partial charge in [0.25, 0.3) is 0 Å². The molecule has 3 unspecified atom stereocenters. The summed E-state index contributed by atoms with van der Waals surface area (Å²) in [6.45, 7) is 16.1. The van der Waals surface area contributed by atoms with Crippen molar-refractivity contribution in [2.24, 2.45) is 17.8 Å². The molecule has 3 atom stereocenters. The van der Waals surface area contributed by atoms with Gasteiger partial charge in [0.1, 0.15) is 11.6 Å². The minimum absolute atomic E-state index is 0.0453. The fourth-order valence-electron chi connectivity index (χ4n) is 5.36. The van der Waals surface area contributed by atoms with E-state index in [1.165, 1.54) is 24.5 Å². The van der Waals surface area contributed by atoms with Crippen molar-refractivity contribution in [1.82, 2.24) is 0 Å². The van der Waals surface area contributed by atoms with Gasteiger partial charge in [0, 0.05) is 17.9 Å². The molecular formula is C34H50O3. The number of hydrogen-bond donors (Lipinski definition) is 0. The van der Waals surface area contributed by atoms with E-state index in [4.69, 9.17) is 0 Å². The quantitative estimate of drug-likeness (QED) is 0.319. The molecule has 0 aromatic heterocycles. The van der Waals surface area contributed by atoms with Gasteiger partial charge in [0.15, 0.2) is 5.78 Å². The van der Waals surface area contributed by atoms with Crippen LogP contribution in [-0.4, -0.2) is 17.3 Å². The molecule has 3 nitrogen and oxygen atoms in total. The van der Waals surface area contributed by atoms with Gasteiger partial charge in [-0.2, -0.15) is 0 Å². The van der Waals surface area contributed by atoms with E-state index in [1.807, 2.05) is 32.0 Å². The zero-order chi connectivity index (χ0) is 28.0. The third-order valence-corrected chi connectivity index (χ3v) is 7.17. The molecule has 204 valence electrons. The zero-order valence-electron chi connectivity index (χ0n) is 24.7. The van der Waals surface area contributed by atoms with Crippen molar-refractivity contribution >= 4 is 17.3 Å². The van der Waals surface area contributed by atoms with E-state index in [1.54, 1.807) is 0 Å². The number of aryl methyl sites for hydroxylation is 2.